The van der Waals surface area contributed by atoms with Crippen LogP contribution in [0, 0.1) is 0 Å². The lowest BCUT2D eigenvalue weighted by molar-refractivity contribution is -0.141. The first-order valence-corrected chi connectivity index (χ1v) is 13.9. The van der Waals surface area contributed by atoms with Crippen molar-refractivity contribution in [3.05, 3.63) is 59.1 Å². The van der Waals surface area contributed by atoms with Gasteiger partial charge in [-0.05, 0) is 57.9 Å². The zero-order chi connectivity index (χ0) is 27.1. The second kappa shape index (κ2) is 12.5. The molecule has 0 spiro atoms. The molecule has 2 rings (SSSR count). The first-order chi connectivity index (χ1) is 16.7. The minimum atomic E-state index is -3.63. The quantitative estimate of drug-likeness (QED) is 0.463. The van der Waals surface area contributed by atoms with E-state index in [1.165, 1.54) is 16.3 Å². The normalized spacial score (nSPS) is 12.5. The van der Waals surface area contributed by atoms with Crippen LogP contribution in [0.1, 0.15) is 46.1 Å². The highest BCUT2D eigenvalue weighted by molar-refractivity contribution is 7.92. The molecule has 0 bridgehead atoms. The lowest BCUT2D eigenvalue weighted by atomic mass is 10.1. The molecule has 0 aliphatic heterocycles. The van der Waals surface area contributed by atoms with Crippen molar-refractivity contribution >= 4 is 39.1 Å². The summed E-state index contributed by atoms with van der Waals surface area (Å²) in [6.45, 7) is 7.51. The zero-order valence-corrected chi connectivity index (χ0v) is 23.3. The molecule has 2 aromatic rings. The van der Waals surface area contributed by atoms with E-state index in [0.29, 0.717) is 16.5 Å². The number of hydrogen-bond donors (Lipinski definition) is 1. The Morgan fingerprint density at radius 1 is 1.08 bits per heavy atom. The second-order valence-corrected chi connectivity index (χ2v) is 12.0. The predicted octanol–water partition coefficient (Wildman–Crippen LogP) is 4.23. The van der Waals surface area contributed by atoms with E-state index in [4.69, 9.17) is 16.3 Å². The highest BCUT2D eigenvalue weighted by Crippen LogP contribution is 2.30. The molecule has 0 aromatic heterocycles. The molecule has 198 valence electrons. The minimum absolute atomic E-state index is 0.0404. The summed E-state index contributed by atoms with van der Waals surface area (Å²) in [5.41, 5.74) is 0.658. The summed E-state index contributed by atoms with van der Waals surface area (Å²) >= 11 is 6.33. The standard InChI is InChI=1S/C26H36ClN3O5S/c1-19(25(32)28-26(2,3)4)29(18-20-12-7-8-13-21(20)27)24(31)16-11-17-30(36(6,33)34)22-14-9-10-15-23(22)35-5/h7-10,12-15,19H,11,16-18H2,1-6H3,(H,28,32)/t19-/m1/s1. The molecule has 1 atom stereocenters. The number of sulfonamides is 1. The van der Waals surface area contributed by atoms with E-state index >= 15 is 0 Å². The molecule has 0 saturated heterocycles. The number of amides is 2. The third-order valence-corrected chi connectivity index (χ3v) is 7.02. The van der Waals surface area contributed by atoms with Crippen LogP contribution >= 0.6 is 11.6 Å². The topological polar surface area (TPSA) is 96.0 Å². The van der Waals surface area contributed by atoms with Crippen LogP contribution in [0.5, 0.6) is 5.75 Å². The van der Waals surface area contributed by atoms with Gasteiger partial charge in [0.1, 0.15) is 11.8 Å². The number of rotatable bonds is 11. The summed E-state index contributed by atoms with van der Waals surface area (Å²) in [6, 6.07) is 13.2. The van der Waals surface area contributed by atoms with Gasteiger partial charge in [0.2, 0.25) is 21.8 Å². The number of para-hydroxylation sites is 2. The molecule has 8 nitrogen and oxygen atoms in total. The Kier molecular flexibility index (Phi) is 10.2. The molecule has 2 aromatic carbocycles. The smallest absolute Gasteiger partial charge is 0.242 e. The Labute approximate surface area is 219 Å². The van der Waals surface area contributed by atoms with Gasteiger partial charge in [-0.3, -0.25) is 13.9 Å². The molecule has 0 heterocycles. The maximum absolute atomic E-state index is 13.4. The van der Waals surface area contributed by atoms with Gasteiger partial charge in [-0.15, -0.1) is 0 Å². The van der Waals surface area contributed by atoms with Crippen LogP contribution in [-0.4, -0.2) is 56.6 Å². The summed E-state index contributed by atoms with van der Waals surface area (Å²) in [5, 5.41) is 3.41. The van der Waals surface area contributed by atoms with Crippen molar-refractivity contribution < 1.29 is 22.7 Å². The van der Waals surface area contributed by atoms with Crippen molar-refractivity contribution in [2.75, 3.05) is 24.2 Å². The molecule has 0 fully saturated rings. The predicted molar refractivity (Wildman–Crippen MR) is 144 cm³/mol. The first-order valence-electron chi connectivity index (χ1n) is 11.7. The molecule has 2 amide bonds. The first kappa shape index (κ1) is 29.5. The summed E-state index contributed by atoms with van der Waals surface area (Å²) in [4.78, 5) is 27.8. The van der Waals surface area contributed by atoms with Gasteiger partial charge < -0.3 is 15.0 Å². The van der Waals surface area contributed by atoms with Crippen LogP contribution in [-0.2, 0) is 26.2 Å². The van der Waals surface area contributed by atoms with Gasteiger partial charge in [-0.1, -0.05) is 41.9 Å². The lowest BCUT2D eigenvalue weighted by Crippen LogP contribution is -2.52. The van der Waals surface area contributed by atoms with Crippen molar-refractivity contribution in [1.29, 1.82) is 0 Å². The lowest BCUT2D eigenvalue weighted by Gasteiger charge is -2.32. The van der Waals surface area contributed by atoms with Gasteiger partial charge in [0.05, 0.1) is 19.1 Å². The number of nitrogens with zero attached hydrogens (tertiary/aromatic N) is 2. The highest BCUT2D eigenvalue weighted by Gasteiger charge is 2.29. The van der Waals surface area contributed by atoms with Crippen molar-refractivity contribution in [2.24, 2.45) is 0 Å². The monoisotopic (exact) mass is 537 g/mol. The molecular weight excluding hydrogens is 502 g/mol. The minimum Gasteiger partial charge on any atom is -0.495 e. The molecule has 0 unspecified atom stereocenters. The summed E-state index contributed by atoms with van der Waals surface area (Å²) in [6.07, 6.45) is 1.40. The molecule has 1 N–H and O–H groups in total. The van der Waals surface area contributed by atoms with Crippen molar-refractivity contribution in [2.45, 2.75) is 58.7 Å². The number of anilines is 1. The Hall–Kier alpha value is -2.78. The average molecular weight is 538 g/mol. The van der Waals surface area contributed by atoms with Crippen LogP contribution in [0.15, 0.2) is 48.5 Å². The van der Waals surface area contributed by atoms with Crippen LogP contribution in [0.2, 0.25) is 5.02 Å². The van der Waals surface area contributed by atoms with E-state index < -0.39 is 21.6 Å². The van der Waals surface area contributed by atoms with Gasteiger partial charge in [0.25, 0.3) is 0 Å². The van der Waals surface area contributed by atoms with Gasteiger partial charge in [-0.2, -0.15) is 0 Å². The SMILES string of the molecule is COc1ccccc1N(CCCC(=O)N(Cc1ccccc1Cl)[C@H](C)C(=O)NC(C)(C)C)S(C)(=O)=O. The zero-order valence-electron chi connectivity index (χ0n) is 21.7. The van der Waals surface area contributed by atoms with Crippen molar-refractivity contribution in [3.63, 3.8) is 0 Å². The molecule has 0 aliphatic rings. The van der Waals surface area contributed by atoms with Crippen LogP contribution < -0.4 is 14.4 Å². The number of nitrogens with one attached hydrogen (secondary N) is 1. The maximum Gasteiger partial charge on any atom is 0.242 e. The summed E-state index contributed by atoms with van der Waals surface area (Å²) in [5.74, 6) is -0.142. The molecule has 0 saturated carbocycles. The van der Waals surface area contributed by atoms with E-state index in [1.54, 1.807) is 43.3 Å². The van der Waals surface area contributed by atoms with E-state index in [-0.39, 0.29) is 37.7 Å². The Bertz CT molecular complexity index is 1160. The second-order valence-electron chi connectivity index (χ2n) is 9.64. The number of halogens is 1. The van der Waals surface area contributed by atoms with Gasteiger partial charge in [-0.25, -0.2) is 8.42 Å². The van der Waals surface area contributed by atoms with Gasteiger partial charge >= 0.3 is 0 Å². The molecule has 0 radical (unpaired) electrons. The third kappa shape index (κ3) is 8.41. The van der Waals surface area contributed by atoms with Crippen molar-refractivity contribution in [3.8, 4) is 5.75 Å². The number of benzene rings is 2. The number of ether oxygens (including phenoxy) is 1. The van der Waals surface area contributed by atoms with E-state index in [9.17, 15) is 18.0 Å². The Morgan fingerprint density at radius 3 is 2.28 bits per heavy atom. The number of hydrogen-bond acceptors (Lipinski definition) is 5. The van der Waals surface area contributed by atoms with Crippen LogP contribution in [0.3, 0.4) is 0 Å². The Morgan fingerprint density at radius 2 is 1.69 bits per heavy atom. The molecule has 0 aliphatic carbocycles. The van der Waals surface area contributed by atoms with Gasteiger partial charge in [0.15, 0.2) is 0 Å². The van der Waals surface area contributed by atoms with Crippen LogP contribution in [0.25, 0.3) is 0 Å². The molecule has 10 heteroatoms. The van der Waals surface area contributed by atoms with E-state index in [2.05, 4.69) is 5.32 Å². The summed E-state index contributed by atoms with van der Waals surface area (Å²) < 4.78 is 31.6. The fourth-order valence-electron chi connectivity index (χ4n) is 3.69. The number of carbonyl (C=O) groups excluding carboxylic acids is 2. The number of carbonyl (C=O) groups is 2. The fourth-order valence-corrected chi connectivity index (χ4v) is 4.85. The van der Waals surface area contributed by atoms with E-state index in [1.807, 2.05) is 32.9 Å². The van der Waals surface area contributed by atoms with Gasteiger partial charge in [0, 0.05) is 30.1 Å². The molecule has 36 heavy (non-hydrogen) atoms. The van der Waals surface area contributed by atoms with E-state index in [0.717, 1.165) is 11.8 Å². The fraction of sp³-hybridized carbons (Fsp3) is 0.462. The molecular formula is C26H36ClN3O5S. The Balaban J connectivity index is 2.23. The maximum atomic E-state index is 13.4. The average Bonchev–Trinajstić information content (AvgIpc) is 2.79. The van der Waals surface area contributed by atoms with Crippen molar-refractivity contribution in [1.82, 2.24) is 10.2 Å². The third-order valence-electron chi connectivity index (χ3n) is 5.47. The largest absolute Gasteiger partial charge is 0.495 e. The van der Waals surface area contributed by atoms with Crippen LogP contribution in [0.4, 0.5) is 5.69 Å². The highest BCUT2D eigenvalue weighted by atomic mass is 35.5. The number of methoxy groups -OCH3 is 1. The summed E-state index contributed by atoms with van der Waals surface area (Å²) in [7, 11) is -2.15.